The summed E-state index contributed by atoms with van der Waals surface area (Å²) in [5.74, 6) is -2.85. The number of ether oxygens (including phenoxy) is 3. The Morgan fingerprint density at radius 1 is 1.03 bits per heavy atom. The third-order valence-electron chi connectivity index (χ3n) is 4.87. The van der Waals surface area contributed by atoms with Crippen LogP contribution in [0.15, 0.2) is 11.3 Å². The van der Waals surface area contributed by atoms with E-state index in [2.05, 4.69) is 0 Å². The van der Waals surface area contributed by atoms with E-state index in [9.17, 15) is 27.6 Å². The molecular weight excluding hydrogens is 430 g/mol. The highest BCUT2D eigenvalue weighted by atomic mass is 32.2. The van der Waals surface area contributed by atoms with E-state index in [1.165, 1.54) is 7.11 Å². The van der Waals surface area contributed by atoms with Gasteiger partial charge in [0.05, 0.1) is 16.7 Å². The second-order valence-corrected chi connectivity index (χ2v) is 11.7. The van der Waals surface area contributed by atoms with Gasteiger partial charge in [-0.1, -0.05) is 20.8 Å². The van der Waals surface area contributed by atoms with Crippen LogP contribution in [0.25, 0.3) is 0 Å². The predicted molar refractivity (Wildman–Crippen MR) is 108 cm³/mol. The number of sulfone groups is 1. The molecule has 0 saturated carbocycles. The van der Waals surface area contributed by atoms with Crippen molar-refractivity contribution in [3.63, 3.8) is 0 Å². The maximum atomic E-state index is 13.4. The van der Waals surface area contributed by atoms with Crippen molar-refractivity contribution in [3.8, 4) is 0 Å². The second-order valence-electron chi connectivity index (χ2n) is 9.56. The minimum Gasteiger partial charge on any atom is -0.461 e. The number of amides is 1. The third kappa shape index (κ3) is 4.38. The van der Waals surface area contributed by atoms with Crippen molar-refractivity contribution in [2.45, 2.75) is 65.4 Å². The number of carbonyl (C=O) groups excluding carboxylic acids is 4. The maximum absolute atomic E-state index is 13.4. The van der Waals surface area contributed by atoms with Crippen LogP contribution in [0.3, 0.4) is 0 Å². The van der Waals surface area contributed by atoms with Gasteiger partial charge in [-0.05, 0) is 20.8 Å². The Kier molecular flexibility index (Phi) is 6.46. The summed E-state index contributed by atoms with van der Waals surface area (Å²) in [5, 5.41) is -1.54. The largest absolute Gasteiger partial charge is 0.461 e. The fourth-order valence-electron chi connectivity index (χ4n) is 3.14. The average Bonchev–Trinajstić information content (AvgIpc) is 2.60. The highest BCUT2D eigenvalue weighted by Crippen LogP contribution is 2.44. The molecule has 0 spiro atoms. The van der Waals surface area contributed by atoms with Gasteiger partial charge in [0.1, 0.15) is 6.61 Å². The number of hydrogen-bond acceptors (Lipinski definition) is 9. The predicted octanol–water partition coefficient (Wildman–Crippen LogP) is 0.946. The summed E-state index contributed by atoms with van der Waals surface area (Å²) < 4.78 is 42.2. The summed E-state index contributed by atoms with van der Waals surface area (Å²) >= 11 is 0. The minimum absolute atomic E-state index is 0.251. The molecule has 11 heteroatoms. The summed E-state index contributed by atoms with van der Waals surface area (Å²) in [5.41, 5.74) is -4.50. The number of ketones is 1. The van der Waals surface area contributed by atoms with E-state index in [-0.39, 0.29) is 11.3 Å². The van der Waals surface area contributed by atoms with Gasteiger partial charge in [-0.3, -0.25) is 24.1 Å². The average molecular weight is 460 g/mol. The van der Waals surface area contributed by atoms with Crippen LogP contribution in [0.4, 0.5) is 0 Å². The molecule has 2 aliphatic heterocycles. The Hall–Kier alpha value is -2.27. The van der Waals surface area contributed by atoms with E-state index in [1.54, 1.807) is 41.5 Å². The Morgan fingerprint density at radius 3 is 2.00 bits per heavy atom. The molecule has 3 atom stereocenters. The number of hydrogen-bond donors (Lipinski definition) is 0. The molecule has 10 nitrogen and oxygen atoms in total. The summed E-state index contributed by atoms with van der Waals surface area (Å²) in [6.45, 7) is 9.88. The number of Topliss-reactive ketones (excluding diaryl/α,β-unsaturated/α-hetero) is 1. The Labute approximate surface area is 181 Å². The van der Waals surface area contributed by atoms with Gasteiger partial charge >= 0.3 is 11.9 Å². The van der Waals surface area contributed by atoms with Crippen LogP contribution in [0.1, 0.15) is 48.5 Å². The van der Waals surface area contributed by atoms with E-state index in [4.69, 9.17) is 14.2 Å². The lowest BCUT2D eigenvalue weighted by atomic mass is 9.85. The van der Waals surface area contributed by atoms with Crippen LogP contribution < -0.4 is 0 Å². The van der Waals surface area contributed by atoms with Gasteiger partial charge in [0.2, 0.25) is 15.3 Å². The SMILES string of the molecule is CO[C@H]1C(=O)N2C(C(=O)C(C)(C)C)=C(COC(C)=O)C(OC(=O)C(C)(C)C)S(=O)(=O)[C@@H]12. The quantitative estimate of drug-likeness (QED) is 0.435. The highest BCUT2D eigenvalue weighted by molar-refractivity contribution is 7.93. The Morgan fingerprint density at radius 2 is 1.58 bits per heavy atom. The normalized spacial score (nSPS) is 25.5. The van der Waals surface area contributed by atoms with Crippen molar-refractivity contribution in [2.24, 2.45) is 10.8 Å². The monoisotopic (exact) mass is 459 g/mol. The molecule has 1 amide bonds. The van der Waals surface area contributed by atoms with E-state index in [0.29, 0.717) is 0 Å². The molecule has 1 fully saturated rings. The van der Waals surface area contributed by atoms with Gasteiger partial charge in [0, 0.05) is 19.4 Å². The Balaban J connectivity index is 2.79. The van der Waals surface area contributed by atoms with Gasteiger partial charge in [-0.15, -0.1) is 0 Å². The zero-order valence-corrected chi connectivity index (χ0v) is 19.8. The van der Waals surface area contributed by atoms with Gasteiger partial charge in [-0.2, -0.15) is 0 Å². The molecule has 2 rings (SSSR count). The smallest absolute Gasteiger partial charge is 0.312 e. The van der Waals surface area contributed by atoms with Crippen LogP contribution in [0.5, 0.6) is 0 Å². The van der Waals surface area contributed by atoms with Crippen LogP contribution in [0, 0.1) is 10.8 Å². The van der Waals surface area contributed by atoms with Crippen LogP contribution in [0.2, 0.25) is 0 Å². The van der Waals surface area contributed by atoms with Gasteiger partial charge in [0.15, 0.2) is 17.3 Å². The molecule has 0 N–H and O–H groups in total. The molecule has 0 radical (unpaired) electrons. The van der Waals surface area contributed by atoms with E-state index >= 15 is 0 Å². The van der Waals surface area contributed by atoms with Crippen LogP contribution >= 0.6 is 0 Å². The molecule has 0 aromatic rings. The minimum atomic E-state index is -4.39. The van der Waals surface area contributed by atoms with Crippen LogP contribution in [-0.4, -0.2) is 67.6 Å². The fourth-order valence-corrected chi connectivity index (χ4v) is 5.27. The molecule has 31 heavy (non-hydrogen) atoms. The van der Waals surface area contributed by atoms with E-state index in [0.717, 1.165) is 11.8 Å². The molecule has 0 bridgehead atoms. The molecule has 1 saturated heterocycles. The lowest BCUT2D eigenvalue weighted by molar-refractivity contribution is -0.163. The van der Waals surface area contributed by atoms with E-state index < -0.39 is 67.8 Å². The van der Waals surface area contributed by atoms with Crippen molar-refractivity contribution in [1.82, 2.24) is 4.90 Å². The number of allylic oxidation sites excluding steroid dienone is 1. The number of rotatable bonds is 5. The molecule has 0 aromatic heterocycles. The molecule has 0 aromatic carbocycles. The topological polar surface area (TPSA) is 133 Å². The first-order valence-corrected chi connectivity index (χ1v) is 11.3. The lowest BCUT2D eigenvalue weighted by Crippen LogP contribution is -2.72. The van der Waals surface area contributed by atoms with Crippen molar-refractivity contribution in [1.29, 1.82) is 0 Å². The van der Waals surface area contributed by atoms with Crippen molar-refractivity contribution < 1.29 is 41.8 Å². The molecule has 2 heterocycles. The maximum Gasteiger partial charge on any atom is 0.312 e. The summed E-state index contributed by atoms with van der Waals surface area (Å²) in [6.07, 6.45) is -1.35. The molecule has 2 aliphatic rings. The van der Waals surface area contributed by atoms with Gasteiger partial charge in [0.25, 0.3) is 5.91 Å². The second kappa shape index (κ2) is 8.01. The third-order valence-corrected chi connectivity index (χ3v) is 6.98. The summed E-state index contributed by atoms with van der Waals surface area (Å²) in [4.78, 5) is 50.8. The molecule has 174 valence electrons. The first-order chi connectivity index (χ1) is 14.0. The zero-order chi connectivity index (χ0) is 24.1. The highest BCUT2D eigenvalue weighted by Gasteiger charge is 2.65. The standard InChI is InChI=1S/C20H29NO9S/c1-10(22)29-9-11-12(14(23)19(2,3)4)21-15(24)13(28-8)16(21)31(26,27)17(11)30-18(25)20(5,6)7/h13,16-17H,9H2,1-8H3/t13-,16-,17?/m0/s1. The number of nitrogens with zero attached hydrogens (tertiary/aromatic N) is 1. The zero-order valence-electron chi connectivity index (χ0n) is 19.0. The lowest BCUT2D eigenvalue weighted by Gasteiger charge is -2.51. The molecular formula is C20H29NO9S. The molecule has 1 unspecified atom stereocenters. The summed E-state index contributed by atoms with van der Waals surface area (Å²) in [6, 6.07) is 0. The number of β-lactam (4-membered cyclic amide) rings is 1. The number of esters is 2. The van der Waals surface area contributed by atoms with Crippen molar-refractivity contribution in [2.75, 3.05) is 13.7 Å². The van der Waals surface area contributed by atoms with Gasteiger partial charge < -0.3 is 14.2 Å². The fraction of sp³-hybridized carbons (Fsp3) is 0.700. The first kappa shape index (κ1) is 25.0. The van der Waals surface area contributed by atoms with Gasteiger partial charge in [-0.25, -0.2) is 8.42 Å². The van der Waals surface area contributed by atoms with Crippen molar-refractivity contribution in [3.05, 3.63) is 11.3 Å². The summed E-state index contributed by atoms with van der Waals surface area (Å²) in [7, 11) is -3.21. The van der Waals surface area contributed by atoms with Crippen molar-refractivity contribution >= 4 is 33.5 Å². The number of carbonyl (C=O) groups is 4. The Bertz CT molecular complexity index is 950. The number of methoxy groups -OCH3 is 1. The first-order valence-electron chi connectivity index (χ1n) is 9.67. The van der Waals surface area contributed by atoms with Crippen LogP contribution in [-0.2, 0) is 43.2 Å². The van der Waals surface area contributed by atoms with E-state index in [1.807, 2.05) is 0 Å². The molecule has 0 aliphatic carbocycles. The number of fused-ring (bicyclic) bond motifs is 1.